The second-order valence-corrected chi connectivity index (χ2v) is 35.6. The van der Waals surface area contributed by atoms with Crippen LogP contribution in [0.1, 0.15) is 216 Å². The molecule has 0 aliphatic carbocycles. The molecule has 0 atom stereocenters. The second kappa shape index (κ2) is 27.4. The molecular formula is C87H99N7O16. The topological polar surface area (TPSA) is 361 Å². The number of nitrogens with one attached hydrogen (secondary N) is 1. The van der Waals surface area contributed by atoms with Crippen LogP contribution in [0.3, 0.4) is 0 Å². The number of Topliss-reactive ketones (excluding diaryl/α,β-unsaturated/α-hetero) is 2. The average Bonchev–Trinajstić information content (AvgIpc) is 0.849. The van der Waals surface area contributed by atoms with E-state index < -0.39 is 101 Å². The number of furan rings is 2. The van der Waals surface area contributed by atoms with Gasteiger partial charge >= 0.3 is 34.4 Å². The molecule has 0 radical (unpaired) electrons. The number of carboxylic acids is 2. The fourth-order valence-corrected chi connectivity index (χ4v) is 18.8. The molecule has 2 aromatic heterocycles. The van der Waals surface area contributed by atoms with Gasteiger partial charge in [-0.05, 0) is 299 Å². The minimum atomic E-state index is -1.45. The van der Waals surface area contributed by atoms with Crippen LogP contribution in [0, 0.1) is 0 Å². The lowest BCUT2D eigenvalue weighted by Gasteiger charge is -2.50. The highest BCUT2D eigenvalue weighted by Crippen LogP contribution is 2.46. The summed E-state index contributed by atoms with van der Waals surface area (Å²) in [5.41, 5.74) is 12.0. The van der Waals surface area contributed by atoms with E-state index in [4.69, 9.17) is 11.5 Å². The van der Waals surface area contributed by atoms with Crippen molar-refractivity contribution in [3.8, 4) is 0 Å². The van der Waals surface area contributed by atoms with Gasteiger partial charge in [0.05, 0.1) is 32.7 Å². The fourth-order valence-electron chi connectivity index (χ4n) is 18.8. The SMILES string of the molecule is CC1(C)CC(=c2c3ccc(N)cc3c(=C3CC(C)(C)N(O)C(C)(C)C3)c3ccc(N)cc23)CC(C)(C)N1O.CNc1ccc2c(=C3CC(C)(C)N(O)C(C)(C)C3)c3cc(CC(=O)c4cc(C(=O)O)c(C(C)=O)cc4C(=O)O)ccc3c(=C3CC(C)(C)N(O)C(C)(C)C3)c2c1.O=c1oc(=O)c2cc3c(=O)oc(=O)c3cc12. The maximum absolute atomic E-state index is 14.1. The molecule has 23 heteroatoms. The summed E-state index contributed by atoms with van der Waals surface area (Å²) in [6.45, 7) is 34.1. The zero-order chi connectivity index (χ0) is 80.9. The van der Waals surface area contributed by atoms with Gasteiger partial charge in [0.2, 0.25) is 0 Å². The van der Waals surface area contributed by atoms with Crippen molar-refractivity contribution in [2.75, 3.05) is 23.8 Å². The highest BCUT2D eigenvalue weighted by molar-refractivity contribution is 6.13. The lowest BCUT2D eigenvalue weighted by atomic mass is 9.75. The third-order valence-electron chi connectivity index (χ3n) is 22.9. The van der Waals surface area contributed by atoms with Crippen molar-refractivity contribution >= 4 is 127 Å². The van der Waals surface area contributed by atoms with E-state index in [1.807, 2.05) is 98.8 Å². The number of nitrogens with two attached hydrogens (primary N) is 2. The number of carbonyl (C=O) groups is 4. The van der Waals surface area contributed by atoms with Gasteiger partial charge in [0.25, 0.3) is 0 Å². The van der Waals surface area contributed by atoms with E-state index in [0.29, 0.717) is 31.2 Å². The number of rotatable bonds is 7. The van der Waals surface area contributed by atoms with E-state index in [2.05, 4.69) is 106 Å². The number of carboxylic acid groups (broad SMARTS) is 2. The fraction of sp³-hybridized carbons (Fsp3) is 0.402. The smallest absolute Gasteiger partial charge is 0.346 e. The van der Waals surface area contributed by atoms with Crippen molar-refractivity contribution in [3.63, 3.8) is 0 Å². The van der Waals surface area contributed by atoms with E-state index >= 15 is 0 Å². The Morgan fingerprint density at radius 3 is 0.936 bits per heavy atom. The van der Waals surface area contributed by atoms with Gasteiger partial charge in [-0.2, -0.15) is 20.3 Å². The van der Waals surface area contributed by atoms with E-state index in [0.717, 1.165) is 133 Å². The van der Waals surface area contributed by atoms with Crippen LogP contribution in [0.15, 0.2) is 125 Å². The minimum absolute atomic E-state index is 0.0181. The lowest BCUT2D eigenvalue weighted by Crippen LogP contribution is -2.57. The van der Waals surface area contributed by atoms with Gasteiger partial charge in [-0.3, -0.25) is 9.59 Å². The summed E-state index contributed by atoms with van der Waals surface area (Å²) in [5.74, 6) is -4.11. The molecule has 14 rings (SSSR count). The third kappa shape index (κ3) is 14.0. The van der Waals surface area contributed by atoms with Crippen molar-refractivity contribution in [2.24, 2.45) is 0 Å². The molecule has 4 aliphatic heterocycles. The van der Waals surface area contributed by atoms with Gasteiger partial charge in [-0.25, -0.2) is 28.8 Å². The molecule has 8 aromatic carbocycles. The molecule has 10 aromatic rings. The maximum Gasteiger partial charge on any atom is 0.346 e. The summed E-state index contributed by atoms with van der Waals surface area (Å²) >= 11 is 0. The molecule has 0 bridgehead atoms. The summed E-state index contributed by atoms with van der Waals surface area (Å²) in [5, 5.41) is 86.8. The van der Waals surface area contributed by atoms with Crippen LogP contribution in [0.5, 0.6) is 0 Å². The van der Waals surface area contributed by atoms with Gasteiger partial charge in [0.15, 0.2) is 11.6 Å². The summed E-state index contributed by atoms with van der Waals surface area (Å²) in [7, 11) is 1.88. The molecule has 0 spiro atoms. The van der Waals surface area contributed by atoms with Gasteiger partial charge in [0, 0.05) is 86.0 Å². The largest absolute Gasteiger partial charge is 0.478 e. The van der Waals surface area contributed by atoms with Gasteiger partial charge in [-0.1, -0.05) is 58.7 Å². The van der Waals surface area contributed by atoms with Crippen molar-refractivity contribution in [3.05, 3.63) is 187 Å². The number of hydrogen-bond acceptors (Lipinski definition) is 21. The number of hydroxylamine groups is 8. The standard InChI is InChI=1S/C45H53N3O8.C32H44N4O2.C10H2O6/c1-24(49)31-18-36(41(53)54)32(19-35(31)40(51)52)37(50)16-25-11-13-29-33(15-25)38(26-20-42(2,3)47(55)43(4,5)21-26)30-14-12-28(46-10)17-34(30)39(29)27-22-44(6,7)48(56)45(8,9)23-27;1-29(2)15-19(16-30(3,4)35(29)37)27-23-11-9-22(34)14-26(23)28(24-12-10-21(33)13-25(24)27)20-17-31(5,6)36(38)32(7,8)18-20;11-7-3-1-4-6(10(14)16-8(4)12)2-5(3)9(13)15-7/h11-15,17-19,46,55-56H,16,20-23H2,1-10H3,(H,51,52)(H,53,54);9-14,37-38H,15-18,33-34H2,1-8H3;1-2H. The quantitative estimate of drug-likeness (QED) is 0.0406. The average molecular weight is 1500 g/mol. The Bertz CT molecular complexity index is 5780. The van der Waals surface area contributed by atoms with Gasteiger partial charge in [0.1, 0.15) is 0 Å². The lowest BCUT2D eigenvalue weighted by molar-refractivity contribution is -0.228. The van der Waals surface area contributed by atoms with Crippen LogP contribution < -0.4 is 60.2 Å². The molecule has 0 unspecified atom stereocenters. The molecule has 4 aliphatic rings. The second-order valence-electron chi connectivity index (χ2n) is 35.6. The van der Waals surface area contributed by atoms with Crippen molar-refractivity contribution in [2.45, 2.75) is 220 Å². The molecule has 4 saturated heterocycles. The summed E-state index contributed by atoms with van der Waals surface area (Å²) < 4.78 is 8.68. The summed E-state index contributed by atoms with van der Waals surface area (Å²) in [6.07, 6.45) is 5.05. The number of nitrogens with zero attached hydrogens (tertiary/aromatic N) is 4. The molecule has 0 amide bonds. The van der Waals surface area contributed by atoms with Gasteiger partial charge in [-0.15, -0.1) is 0 Å². The van der Waals surface area contributed by atoms with Crippen LogP contribution in [0.25, 0.3) is 86.9 Å². The molecule has 6 heterocycles. The number of fused-ring (bicyclic) bond motifs is 6. The highest BCUT2D eigenvalue weighted by Gasteiger charge is 2.48. The molecule has 23 nitrogen and oxygen atoms in total. The molecular weight excluding hydrogens is 1400 g/mol. The molecule has 110 heavy (non-hydrogen) atoms. The Morgan fingerprint density at radius 1 is 0.364 bits per heavy atom. The Morgan fingerprint density at radius 2 is 0.636 bits per heavy atom. The maximum atomic E-state index is 14.1. The number of anilines is 3. The summed E-state index contributed by atoms with van der Waals surface area (Å²) in [4.78, 5) is 95.6. The van der Waals surface area contributed by atoms with Crippen molar-refractivity contribution in [1.82, 2.24) is 20.3 Å². The van der Waals surface area contributed by atoms with E-state index in [1.165, 1.54) is 47.4 Å². The predicted molar refractivity (Wildman–Crippen MR) is 429 cm³/mol. The van der Waals surface area contributed by atoms with Crippen molar-refractivity contribution < 1.29 is 59.1 Å². The highest BCUT2D eigenvalue weighted by atomic mass is 16.5. The zero-order valence-electron chi connectivity index (χ0n) is 65.8. The van der Waals surface area contributed by atoms with Crippen molar-refractivity contribution in [1.29, 1.82) is 0 Å². The number of benzene rings is 8. The number of hydrogen-bond donors (Lipinski definition) is 9. The molecule has 578 valence electrons. The van der Waals surface area contributed by atoms with Crippen LogP contribution >= 0.6 is 0 Å². The first-order chi connectivity index (χ1) is 50.9. The number of piperidine rings is 4. The molecule has 11 N–H and O–H groups in total. The normalized spacial score (nSPS) is 19.5. The first-order valence-corrected chi connectivity index (χ1v) is 36.9. The Labute approximate surface area is 634 Å². The van der Waals surface area contributed by atoms with Crippen LogP contribution in [-0.2, 0) is 6.42 Å². The van der Waals surface area contributed by atoms with E-state index in [1.54, 1.807) is 0 Å². The number of aromatic carboxylic acids is 2. The van der Waals surface area contributed by atoms with E-state index in [-0.39, 0.29) is 39.1 Å². The van der Waals surface area contributed by atoms with E-state index in [9.17, 15) is 69.4 Å². The molecule has 4 fully saturated rings. The number of ketones is 2. The molecule has 0 saturated carbocycles. The van der Waals surface area contributed by atoms with Crippen LogP contribution in [-0.4, -0.2) is 126 Å². The van der Waals surface area contributed by atoms with Crippen LogP contribution in [0.2, 0.25) is 0 Å². The van der Waals surface area contributed by atoms with Gasteiger partial charge < -0.3 is 56.7 Å². The minimum Gasteiger partial charge on any atom is -0.478 e. The Kier molecular flexibility index (Phi) is 19.8. The Balaban J connectivity index is 0.000000177. The predicted octanol–water partition coefficient (Wildman–Crippen LogP) is 12.5. The zero-order valence-corrected chi connectivity index (χ0v) is 65.8. The summed E-state index contributed by atoms with van der Waals surface area (Å²) in [6, 6.07) is 29.0. The Hall–Kier alpha value is -10.1. The third-order valence-corrected chi connectivity index (χ3v) is 22.9. The first-order valence-electron chi connectivity index (χ1n) is 36.9. The number of nitrogen functional groups attached to an aromatic ring is 2. The number of carbonyl (C=O) groups excluding carboxylic acids is 2. The van der Waals surface area contributed by atoms with Crippen LogP contribution in [0.4, 0.5) is 17.1 Å². The first kappa shape index (κ1) is 79.5. The monoisotopic (exact) mass is 1500 g/mol.